The molecule has 7 heteroatoms. The highest BCUT2D eigenvalue weighted by atomic mass is 35.5. The van der Waals surface area contributed by atoms with E-state index in [1.165, 1.54) is 12.3 Å². The summed E-state index contributed by atoms with van der Waals surface area (Å²) in [5.41, 5.74) is 0.756. The molecule has 0 aliphatic heterocycles. The van der Waals surface area contributed by atoms with Gasteiger partial charge in [-0.2, -0.15) is 0 Å². The summed E-state index contributed by atoms with van der Waals surface area (Å²) in [4.78, 5) is 18.2. The van der Waals surface area contributed by atoms with Crippen molar-refractivity contribution in [3.63, 3.8) is 0 Å². The van der Waals surface area contributed by atoms with Gasteiger partial charge in [0.15, 0.2) is 0 Å². The van der Waals surface area contributed by atoms with Crippen LogP contribution in [-0.4, -0.2) is 25.6 Å². The van der Waals surface area contributed by atoms with Crippen molar-refractivity contribution in [1.82, 2.24) is 14.5 Å². The summed E-state index contributed by atoms with van der Waals surface area (Å²) in [6.45, 7) is 0. The second-order valence-electron chi connectivity index (χ2n) is 2.67. The Morgan fingerprint density at radius 2 is 2.06 bits per heavy atom. The highest BCUT2D eigenvalue weighted by Gasteiger charge is 2.05. The van der Waals surface area contributed by atoms with Gasteiger partial charge in [0.1, 0.15) is 5.69 Å². The van der Waals surface area contributed by atoms with Crippen LogP contribution in [0.1, 0.15) is 10.5 Å². The average Bonchev–Trinajstić information content (AvgIpc) is 2.71. The van der Waals surface area contributed by atoms with Crippen LogP contribution in [0, 0.1) is 0 Å². The molecule has 0 spiro atoms. The molecule has 0 aliphatic rings. The summed E-state index contributed by atoms with van der Waals surface area (Å²) in [7, 11) is 0. The molecule has 16 heavy (non-hydrogen) atoms. The number of aromatic carboxylic acids is 1. The van der Waals surface area contributed by atoms with Gasteiger partial charge >= 0.3 is 5.97 Å². The van der Waals surface area contributed by atoms with Crippen molar-refractivity contribution in [2.75, 3.05) is 0 Å². The maximum atomic E-state index is 10.6. The number of rotatable bonds is 2. The molecule has 0 radical (unpaired) electrons. The first kappa shape index (κ1) is 14.4. The van der Waals surface area contributed by atoms with Crippen LogP contribution in [0.2, 0.25) is 0 Å². The largest absolute Gasteiger partial charge is 0.477 e. The van der Waals surface area contributed by atoms with Gasteiger partial charge in [-0.05, 0) is 12.1 Å². The average molecular weight is 262 g/mol. The van der Waals surface area contributed by atoms with Crippen molar-refractivity contribution in [3.05, 3.63) is 42.7 Å². The Kier molecular flexibility index (Phi) is 5.49. The summed E-state index contributed by atoms with van der Waals surface area (Å²) < 4.78 is 1.72. The molecule has 2 heterocycles. The third kappa shape index (κ3) is 2.95. The molecule has 0 unspecified atom stereocenters. The molecule has 2 aromatic rings. The van der Waals surface area contributed by atoms with E-state index in [4.69, 9.17) is 5.11 Å². The van der Waals surface area contributed by atoms with Crippen LogP contribution >= 0.6 is 24.8 Å². The summed E-state index contributed by atoms with van der Waals surface area (Å²) in [5.74, 6) is -1.04. The summed E-state index contributed by atoms with van der Waals surface area (Å²) in [6.07, 6.45) is 6.42. The Morgan fingerprint density at radius 3 is 2.62 bits per heavy atom. The van der Waals surface area contributed by atoms with E-state index in [1.54, 1.807) is 29.4 Å². The number of carboxylic acid groups (broad SMARTS) is 1. The van der Waals surface area contributed by atoms with Gasteiger partial charge < -0.3 is 9.67 Å². The first-order valence-corrected chi connectivity index (χ1v) is 3.95. The monoisotopic (exact) mass is 261 g/mol. The predicted octanol–water partition coefficient (Wildman–Crippen LogP) is 1.81. The molecule has 0 aliphatic carbocycles. The summed E-state index contributed by atoms with van der Waals surface area (Å²) >= 11 is 0. The molecule has 86 valence electrons. The Labute approximate surface area is 104 Å². The normalized spacial score (nSPS) is 8.75. The zero-order valence-electron chi connectivity index (χ0n) is 7.98. The van der Waals surface area contributed by atoms with E-state index in [2.05, 4.69) is 9.97 Å². The van der Waals surface area contributed by atoms with Crippen molar-refractivity contribution in [3.8, 4) is 5.69 Å². The Hall–Kier alpha value is -1.59. The number of nitrogens with zero attached hydrogens (tertiary/aromatic N) is 3. The zero-order chi connectivity index (χ0) is 9.97. The number of pyridine rings is 1. The molecule has 0 bridgehead atoms. The van der Waals surface area contributed by atoms with Gasteiger partial charge in [0.2, 0.25) is 0 Å². The first-order chi connectivity index (χ1) is 6.77. The van der Waals surface area contributed by atoms with Gasteiger partial charge in [-0.3, -0.25) is 0 Å². The van der Waals surface area contributed by atoms with Gasteiger partial charge in [0.25, 0.3) is 0 Å². The van der Waals surface area contributed by atoms with E-state index in [1.807, 2.05) is 0 Å². The van der Waals surface area contributed by atoms with Crippen molar-refractivity contribution in [2.45, 2.75) is 0 Å². The minimum atomic E-state index is -1.04. The molecular formula is C9H9Cl2N3O2. The van der Waals surface area contributed by atoms with Gasteiger partial charge in [0, 0.05) is 18.6 Å². The molecule has 0 saturated carbocycles. The van der Waals surface area contributed by atoms with Gasteiger partial charge in [-0.1, -0.05) is 0 Å². The first-order valence-electron chi connectivity index (χ1n) is 3.95. The molecule has 1 N–H and O–H groups in total. The maximum Gasteiger partial charge on any atom is 0.354 e. The third-order valence-electron chi connectivity index (χ3n) is 1.77. The standard InChI is InChI=1S/C9H7N3O2.2ClH/c13-9(14)8-5-7(1-2-11-8)12-4-3-10-6-12;;/h1-6H,(H,13,14);2*1H. The number of halogens is 2. The quantitative estimate of drug-likeness (QED) is 0.896. The lowest BCUT2D eigenvalue weighted by atomic mass is 10.3. The SMILES string of the molecule is Cl.Cl.O=C(O)c1cc(-n2ccnc2)ccn1. The number of carbonyl (C=O) groups is 1. The maximum absolute atomic E-state index is 10.6. The number of aromatic nitrogens is 3. The minimum absolute atomic E-state index is 0. The molecule has 2 rings (SSSR count). The van der Waals surface area contributed by atoms with E-state index >= 15 is 0 Å². The van der Waals surface area contributed by atoms with Crippen molar-refractivity contribution < 1.29 is 9.90 Å². The van der Waals surface area contributed by atoms with E-state index in [0.717, 1.165) is 5.69 Å². The van der Waals surface area contributed by atoms with Crippen molar-refractivity contribution in [1.29, 1.82) is 0 Å². The van der Waals surface area contributed by atoms with Gasteiger partial charge in [-0.25, -0.2) is 14.8 Å². The fourth-order valence-corrected chi connectivity index (χ4v) is 1.11. The Morgan fingerprint density at radius 1 is 1.31 bits per heavy atom. The summed E-state index contributed by atoms with van der Waals surface area (Å²) in [6, 6.07) is 3.21. The van der Waals surface area contributed by atoms with Crippen molar-refractivity contribution >= 4 is 30.8 Å². The molecular weight excluding hydrogens is 253 g/mol. The molecule has 0 atom stereocenters. The lowest BCUT2D eigenvalue weighted by Gasteiger charge is -2.01. The van der Waals surface area contributed by atoms with Gasteiger partial charge in [0.05, 0.1) is 12.0 Å². The molecule has 0 saturated heterocycles. The number of carboxylic acids is 1. The zero-order valence-corrected chi connectivity index (χ0v) is 9.61. The fraction of sp³-hybridized carbons (Fsp3) is 0. The topological polar surface area (TPSA) is 68.0 Å². The fourth-order valence-electron chi connectivity index (χ4n) is 1.11. The van der Waals surface area contributed by atoms with E-state index < -0.39 is 5.97 Å². The molecule has 0 aromatic carbocycles. The second-order valence-corrected chi connectivity index (χ2v) is 2.67. The highest BCUT2D eigenvalue weighted by molar-refractivity contribution is 5.86. The third-order valence-corrected chi connectivity index (χ3v) is 1.77. The van der Waals surface area contributed by atoms with Crippen LogP contribution in [0.5, 0.6) is 0 Å². The van der Waals surface area contributed by atoms with Crippen molar-refractivity contribution in [2.24, 2.45) is 0 Å². The van der Waals surface area contributed by atoms with Crippen LogP contribution in [-0.2, 0) is 0 Å². The van der Waals surface area contributed by atoms with E-state index in [-0.39, 0.29) is 30.5 Å². The molecule has 5 nitrogen and oxygen atoms in total. The van der Waals surface area contributed by atoms with E-state index in [9.17, 15) is 4.79 Å². The Balaban J connectivity index is 0.00000112. The number of hydrogen-bond donors (Lipinski definition) is 1. The minimum Gasteiger partial charge on any atom is -0.477 e. The summed E-state index contributed by atoms with van der Waals surface area (Å²) in [5, 5.41) is 8.72. The lowest BCUT2D eigenvalue weighted by molar-refractivity contribution is 0.0690. The van der Waals surface area contributed by atoms with Crippen LogP contribution in [0.25, 0.3) is 5.69 Å². The number of imidazole rings is 1. The van der Waals surface area contributed by atoms with Crippen LogP contribution in [0.15, 0.2) is 37.1 Å². The smallest absolute Gasteiger partial charge is 0.354 e. The van der Waals surface area contributed by atoms with Gasteiger partial charge in [-0.15, -0.1) is 24.8 Å². The molecule has 2 aromatic heterocycles. The number of hydrogen-bond acceptors (Lipinski definition) is 3. The lowest BCUT2D eigenvalue weighted by Crippen LogP contribution is -2.01. The molecule has 0 fully saturated rings. The molecule has 0 amide bonds. The van der Waals surface area contributed by atoms with E-state index in [0.29, 0.717) is 0 Å². The van der Waals surface area contributed by atoms with Crippen LogP contribution < -0.4 is 0 Å². The second kappa shape index (κ2) is 6.09. The Bertz CT molecular complexity index is 460. The predicted molar refractivity (Wildman–Crippen MR) is 62.8 cm³/mol. The van der Waals surface area contributed by atoms with Crippen LogP contribution in [0.4, 0.5) is 0 Å². The van der Waals surface area contributed by atoms with Crippen LogP contribution in [0.3, 0.4) is 0 Å². The highest BCUT2D eigenvalue weighted by Crippen LogP contribution is 2.07.